The molecule has 1 saturated heterocycles. The van der Waals surface area contributed by atoms with E-state index >= 15 is 0 Å². The summed E-state index contributed by atoms with van der Waals surface area (Å²) in [6.07, 6.45) is 11.9. The minimum atomic E-state index is -0.539. The molecule has 0 spiro atoms. The van der Waals surface area contributed by atoms with Crippen LogP contribution in [0.25, 0.3) is 10.9 Å². The number of benzene rings is 2. The lowest BCUT2D eigenvalue weighted by Crippen LogP contribution is -2.20. The van der Waals surface area contributed by atoms with Crippen molar-refractivity contribution in [3.63, 3.8) is 0 Å². The molecule has 2 aromatic carbocycles. The van der Waals surface area contributed by atoms with Crippen molar-refractivity contribution in [2.24, 2.45) is 7.05 Å². The molecule has 1 aliphatic rings. The van der Waals surface area contributed by atoms with Crippen molar-refractivity contribution in [2.75, 3.05) is 30.3 Å². The number of fused-ring (bicyclic) bond motifs is 1. The van der Waals surface area contributed by atoms with Crippen molar-refractivity contribution < 1.29 is 4.39 Å². The highest BCUT2D eigenvalue weighted by Gasteiger charge is 2.20. The summed E-state index contributed by atoms with van der Waals surface area (Å²) < 4.78 is 15.4. The van der Waals surface area contributed by atoms with Gasteiger partial charge in [-0.2, -0.15) is 5.26 Å². The quantitative estimate of drug-likeness (QED) is 0.176. The van der Waals surface area contributed by atoms with Crippen molar-refractivity contribution in [3.05, 3.63) is 106 Å². The van der Waals surface area contributed by atoms with E-state index in [1.165, 1.54) is 36.7 Å². The maximum atomic E-state index is 13.8. The van der Waals surface area contributed by atoms with E-state index in [4.69, 9.17) is 23.2 Å². The molecule has 0 aliphatic carbocycles. The monoisotopic (exact) mass is 616 g/mol. The molecule has 43 heavy (non-hydrogen) atoms. The van der Waals surface area contributed by atoms with Crippen LogP contribution in [0.3, 0.4) is 0 Å². The molecule has 1 atom stereocenters. The predicted octanol–water partition coefficient (Wildman–Crippen LogP) is 7.73. The Kier molecular flexibility index (Phi) is 9.41. The molecule has 5 rings (SSSR count). The number of hydrogen-bond donors (Lipinski definition) is 2. The summed E-state index contributed by atoms with van der Waals surface area (Å²) in [7, 11) is 1.80. The molecule has 0 saturated carbocycles. The molecule has 2 N–H and O–H groups in total. The molecule has 0 unspecified atom stereocenters. The van der Waals surface area contributed by atoms with Crippen LogP contribution in [0.2, 0.25) is 10.0 Å². The first kappa shape index (κ1) is 30.2. The third kappa shape index (κ3) is 7.23. The van der Waals surface area contributed by atoms with Gasteiger partial charge in [-0.25, -0.2) is 4.39 Å². The molecule has 11 heteroatoms. The second-order valence-corrected chi connectivity index (χ2v) is 11.4. The number of anilines is 3. The number of nitrogens with zero attached hydrogens (tertiary/aromatic N) is 6. The number of aromatic nitrogens is 4. The molecule has 1 aliphatic heterocycles. The fraction of sp³-hybridized carbons (Fsp3) is 0.250. The first-order valence-corrected chi connectivity index (χ1v) is 14.6. The zero-order valence-corrected chi connectivity index (χ0v) is 25.4. The van der Waals surface area contributed by atoms with Gasteiger partial charge in [-0.3, -0.25) is 14.6 Å². The Morgan fingerprint density at radius 1 is 1.19 bits per heavy atom. The van der Waals surface area contributed by atoms with Crippen molar-refractivity contribution in [1.29, 1.82) is 5.26 Å². The van der Waals surface area contributed by atoms with Crippen LogP contribution in [-0.4, -0.2) is 44.5 Å². The number of aryl methyl sites for hydroxylation is 1. The van der Waals surface area contributed by atoms with Crippen molar-refractivity contribution in [2.45, 2.75) is 25.8 Å². The van der Waals surface area contributed by atoms with Crippen LogP contribution in [-0.2, 0) is 7.05 Å². The van der Waals surface area contributed by atoms with E-state index in [1.54, 1.807) is 23.9 Å². The number of halogens is 3. The van der Waals surface area contributed by atoms with Crippen LogP contribution in [0.1, 0.15) is 37.1 Å². The summed E-state index contributed by atoms with van der Waals surface area (Å²) >= 11 is 12.7. The van der Waals surface area contributed by atoms with Crippen LogP contribution >= 0.6 is 23.2 Å². The fourth-order valence-corrected chi connectivity index (χ4v) is 5.53. The predicted molar refractivity (Wildman–Crippen MR) is 171 cm³/mol. The molecule has 8 nitrogen and oxygen atoms in total. The summed E-state index contributed by atoms with van der Waals surface area (Å²) in [6.45, 7) is 9.71. The van der Waals surface area contributed by atoms with E-state index in [2.05, 4.69) is 56.5 Å². The summed E-state index contributed by atoms with van der Waals surface area (Å²) in [5.41, 5.74) is 5.13. The van der Waals surface area contributed by atoms with E-state index < -0.39 is 11.9 Å². The van der Waals surface area contributed by atoms with Gasteiger partial charge in [0, 0.05) is 36.6 Å². The molecule has 1 fully saturated rings. The van der Waals surface area contributed by atoms with E-state index in [9.17, 15) is 9.65 Å². The Hall–Kier alpha value is -4.23. The molecule has 0 radical (unpaired) electrons. The highest BCUT2D eigenvalue weighted by molar-refractivity contribution is 6.36. The summed E-state index contributed by atoms with van der Waals surface area (Å²) in [6, 6.07) is 9.61. The second kappa shape index (κ2) is 13.4. The Labute approximate surface area is 260 Å². The first-order chi connectivity index (χ1) is 20.7. The number of allylic oxidation sites excluding steroid dienone is 2. The van der Waals surface area contributed by atoms with Gasteiger partial charge >= 0.3 is 0 Å². The highest BCUT2D eigenvalue weighted by Crippen LogP contribution is 2.37. The molecule has 4 aromatic rings. The first-order valence-electron chi connectivity index (χ1n) is 13.8. The number of nitriles is 1. The van der Waals surface area contributed by atoms with E-state index in [1.807, 2.05) is 24.4 Å². The third-order valence-electron chi connectivity index (χ3n) is 7.19. The smallest absolute Gasteiger partial charge is 0.141 e. The average molecular weight is 618 g/mol. The lowest BCUT2D eigenvalue weighted by molar-refractivity contribution is 0.368. The van der Waals surface area contributed by atoms with Gasteiger partial charge in [-0.1, -0.05) is 58.8 Å². The fourth-order valence-electron chi connectivity index (χ4n) is 5.08. The normalized spacial score (nSPS) is 14.7. The number of hydrogen-bond acceptors (Lipinski definition) is 7. The van der Waals surface area contributed by atoms with Crippen LogP contribution in [0, 0.1) is 17.1 Å². The van der Waals surface area contributed by atoms with E-state index in [-0.39, 0.29) is 10.6 Å². The van der Waals surface area contributed by atoms with Gasteiger partial charge in [0.2, 0.25) is 0 Å². The summed E-state index contributed by atoms with van der Waals surface area (Å²) in [5, 5.41) is 25.9. The van der Waals surface area contributed by atoms with E-state index in [0.717, 1.165) is 25.2 Å². The molecule has 2 aromatic heterocycles. The zero-order valence-electron chi connectivity index (χ0n) is 23.9. The Bertz CT molecular complexity index is 1770. The molecule has 0 amide bonds. The SMILES string of the molecule is C=C(/C=C\C=C(/C)CN1CCCC1)[C@H](Nc1cc(Cl)c2ncc(C#N)c(Nc3ccc(F)c(Cl)c3)c2c1)c1cn(C)nn1. The highest BCUT2D eigenvalue weighted by atomic mass is 35.5. The minimum Gasteiger partial charge on any atom is -0.373 e. The van der Waals surface area contributed by atoms with Crippen LogP contribution < -0.4 is 10.6 Å². The van der Waals surface area contributed by atoms with E-state index in [0.29, 0.717) is 38.7 Å². The lowest BCUT2D eigenvalue weighted by Gasteiger charge is -2.20. The zero-order chi connectivity index (χ0) is 30.5. The maximum absolute atomic E-state index is 13.8. The number of nitrogens with one attached hydrogen (secondary N) is 2. The largest absolute Gasteiger partial charge is 0.373 e. The third-order valence-corrected chi connectivity index (χ3v) is 7.77. The molecule has 220 valence electrons. The number of rotatable bonds is 10. The number of likely N-dealkylation sites (tertiary alicyclic amines) is 1. The van der Waals surface area contributed by atoms with Crippen molar-refractivity contribution in [1.82, 2.24) is 24.9 Å². The standard InChI is InChI=1S/C32H31Cl2FN8/c1-20(18-43-11-4-5-12-43)7-6-8-21(2)30(29-19-42(3)41-40-29)39-24-13-25-31(38-23-9-10-28(35)26(33)14-23)22(16-36)17-37-32(25)27(34)15-24/h6-10,13-15,17,19,30,39H,2,4-5,11-12,18H2,1,3H3,(H,37,38)/b8-6-,20-7+/t30-/m0/s1. The average Bonchev–Trinajstić information content (AvgIpc) is 3.65. The summed E-state index contributed by atoms with van der Waals surface area (Å²) in [4.78, 5) is 6.88. The Balaban J connectivity index is 1.47. The van der Waals surface area contributed by atoms with Gasteiger partial charge in [0.1, 0.15) is 17.6 Å². The number of pyridine rings is 1. The Morgan fingerprint density at radius 3 is 2.65 bits per heavy atom. The van der Waals surface area contributed by atoms with Crippen LogP contribution in [0.5, 0.6) is 0 Å². The second-order valence-electron chi connectivity index (χ2n) is 10.6. The molecule has 3 heterocycles. The van der Waals surface area contributed by atoms with Gasteiger partial charge in [0.05, 0.1) is 39.1 Å². The van der Waals surface area contributed by atoms with Crippen molar-refractivity contribution >= 4 is 51.2 Å². The lowest BCUT2D eigenvalue weighted by atomic mass is 10.0. The van der Waals surface area contributed by atoms with Crippen molar-refractivity contribution in [3.8, 4) is 6.07 Å². The van der Waals surface area contributed by atoms with Gasteiger partial charge in [0.25, 0.3) is 0 Å². The Morgan fingerprint density at radius 2 is 1.95 bits per heavy atom. The van der Waals surface area contributed by atoms with Gasteiger partial charge in [-0.05, 0) is 68.8 Å². The minimum absolute atomic E-state index is 0.0401. The molecule has 0 bridgehead atoms. The maximum Gasteiger partial charge on any atom is 0.141 e. The topological polar surface area (TPSA) is 94.7 Å². The summed E-state index contributed by atoms with van der Waals surface area (Å²) in [5.74, 6) is -0.539. The van der Waals surface area contributed by atoms with Gasteiger partial charge < -0.3 is 10.6 Å². The molecular formula is C32H31Cl2FN8. The van der Waals surface area contributed by atoms with Gasteiger partial charge in [0.15, 0.2) is 0 Å². The van der Waals surface area contributed by atoms with Gasteiger partial charge in [-0.15, -0.1) is 5.10 Å². The van der Waals surface area contributed by atoms with Crippen LogP contribution in [0.15, 0.2) is 78.7 Å². The van der Waals surface area contributed by atoms with Crippen LogP contribution in [0.4, 0.5) is 21.5 Å². The molecular weight excluding hydrogens is 586 g/mol.